The van der Waals surface area contributed by atoms with E-state index in [1.54, 1.807) is 0 Å². The summed E-state index contributed by atoms with van der Waals surface area (Å²) in [6.07, 6.45) is 5.47. The maximum atomic E-state index is 13.7. The Morgan fingerprint density at radius 3 is 2.22 bits per heavy atom. The second-order valence-corrected chi connectivity index (χ2v) is 8.53. The van der Waals surface area contributed by atoms with Gasteiger partial charge in [-0.2, -0.15) is 0 Å². The Balaban J connectivity index is 1.57. The van der Waals surface area contributed by atoms with Crippen molar-refractivity contribution in [1.82, 2.24) is 4.72 Å². The Morgan fingerprint density at radius 2 is 1.59 bits per heavy atom. The van der Waals surface area contributed by atoms with Crippen LogP contribution in [0.5, 0.6) is 0 Å². The van der Waals surface area contributed by atoms with Crippen LogP contribution in [0.2, 0.25) is 0 Å². The highest BCUT2D eigenvalue weighted by Gasteiger charge is 2.19. The molecule has 1 saturated heterocycles. The second-order valence-electron chi connectivity index (χ2n) is 6.79. The smallest absolute Gasteiger partial charge is 0.243 e. The van der Waals surface area contributed by atoms with Gasteiger partial charge in [0, 0.05) is 31.4 Å². The maximum absolute atomic E-state index is 13.7. The summed E-state index contributed by atoms with van der Waals surface area (Å²) >= 11 is 0. The first-order valence-corrected chi connectivity index (χ1v) is 10.7. The molecule has 0 atom stereocenters. The van der Waals surface area contributed by atoms with Crippen molar-refractivity contribution >= 4 is 15.7 Å². The predicted molar refractivity (Wildman–Crippen MR) is 102 cm³/mol. The van der Waals surface area contributed by atoms with Gasteiger partial charge in [0.1, 0.15) is 16.5 Å². The van der Waals surface area contributed by atoms with E-state index in [4.69, 9.17) is 0 Å². The van der Waals surface area contributed by atoms with E-state index in [0.29, 0.717) is 12.5 Å². The molecule has 0 radical (unpaired) electrons. The van der Waals surface area contributed by atoms with Gasteiger partial charge in [0.25, 0.3) is 0 Å². The third-order valence-electron chi connectivity index (χ3n) is 4.80. The number of hydrogen-bond donors (Lipinski definition) is 1. The highest BCUT2D eigenvalue weighted by Crippen LogP contribution is 2.20. The summed E-state index contributed by atoms with van der Waals surface area (Å²) in [4.78, 5) is 1.84. The number of nitrogens with zero attached hydrogens (tertiary/aromatic N) is 1. The van der Waals surface area contributed by atoms with Gasteiger partial charge in [0.15, 0.2) is 0 Å². The van der Waals surface area contributed by atoms with E-state index in [1.165, 1.54) is 31.4 Å². The Labute approximate surface area is 159 Å². The molecular formula is C20H24F2N2O2S. The standard InChI is InChI=1S/C20H24F2N2O2S/c21-17-7-10-20(19(22)15-17)27(25,26)23-12-11-16-5-8-18(9-6-16)24-13-3-1-2-4-14-24/h5-10,15,23H,1-4,11-14H2. The summed E-state index contributed by atoms with van der Waals surface area (Å²) in [5.74, 6) is -1.90. The van der Waals surface area contributed by atoms with Crippen molar-refractivity contribution in [2.24, 2.45) is 0 Å². The van der Waals surface area contributed by atoms with Crippen molar-refractivity contribution in [1.29, 1.82) is 0 Å². The molecule has 0 spiro atoms. The van der Waals surface area contributed by atoms with Crippen molar-refractivity contribution < 1.29 is 17.2 Å². The van der Waals surface area contributed by atoms with Gasteiger partial charge in [-0.15, -0.1) is 0 Å². The molecule has 0 aliphatic carbocycles. The predicted octanol–water partition coefficient (Wildman–Crippen LogP) is 3.87. The fourth-order valence-corrected chi connectivity index (χ4v) is 4.39. The van der Waals surface area contributed by atoms with E-state index in [2.05, 4.69) is 21.8 Å². The minimum absolute atomic E-state index is 0.141. The minimum atomic E-state index is -4.01. The Hall–Kier alpha value is -1.99. The fourth-order valence-electron chi connectivity index (χ4n) is 3.30. The van der Waals surface area contributed by atoms with Crippen LogP contribution in [-0.2, 0) is 16.4 Å². The zero-order valence-electron chi connectivity index (χ0n) is 15.1. The Bertz CT molecular complexity index is 862. The van der Waals surface area contributed by atoms with Crippen LogP contribution >= 0.6 is 0 Å². The molecule has 4 nitrogen and oxygen atoms in total. The molecule has 3 rings (SSSR count). The molecule has 0 unspecified atom stereocenters. The van der Waals surface area contributed by atoms with Crippen LogP contribution < -0.4 is 9.62 Å². The molecule has 0 aromatic heterocycles. The lowest BCUT2D eigenvalue weighted by Gasteiger charge is -2.22. The van der Waals surface area contributed by atoms with Crippen molar-refractivity contribution in [3.8, 4) is 0 Å². The summed E-state index contributed by atoms with van der Waals surface area (Å²) in [7, 11) is -4.01. The lowest BCUT2D eigenvalue weighted by Crippen LogP contribution is -2.27. The van der Waals surface area contributed by atoms with Gasteiger partial charge >= 0.3 is 0 Å². The topological polar surface area (TPSA) is 49.4 Å². The largest absolute Gasteiger partial charge is 0.372 e. The number of hydrogen-bond acceptors (Lipinski definition) is 3. The summed E-state index contributed by atoms with van der Waals surface area (Å²) in [6, 6.07) is 10.5. The lowest BCUT2D eigenvalue weighted by molar-refractivity contribution is 0.543. The van der Waals surface area contributed by atoms with Gasteiger partial charge in [0.05, 0.1) is 0 Å². The lowest BCUT2D eigenvalue weighted by atomic mass is 10.1. The van der Waals surface area contributed by atoms with Crippen LogP contribution in [0.15, 0.2) is 47.4 Å². The van der Waals surface area contributed by atoms with Crippen LogP contribution in [0, 0.1) is 11.6 Å². The maximum Gasteiger partial charge on any atom is 0.243 e. The summed E-state index contributed by atoms with van der Waals surface area (Å²) in [6.45, 7) is 2.28. The van der Waals surface area contributed by atoms with Crippen molar-refractivity contribution in [3.63, 3.8) is 0 Å². The van der Waals surface area contributed by atoms with E-state index in [0.717, 1.165) is 30.8 Å². The summed E-state index contributed by atoms with van der Waals surface area (Å²) in [5.41, 5.74) is 2.19. The third kappa shape index (κ3) is 5.26. The molecule has 1 aliphatic heterocycles. The van der Waals surface area contributed by atoms with Crippen LogP contribution in [0.25, 0.3) is 0 Å². The number of anilines is 1. The first-order chi connectivity index (χ1) is 13.0. The van der Waals surface area contributed by atoms with Gasteiger partial charge in [-0.05, 0) is 49.1 Å². The third-order valence-corrected chi connectivity index (χ3v) is 6.29. The average molecular weight is 394 g/mol. The van der Waals surface area contributed by atoms with E-state index < -0.39 is 26.6 Å². The van der Waals surface area contributed by atoms with Gasteiger partial charge < -0.3 is 4.90 Å². The zero-order chi connectivity index (χ0) is 19.3. The quantitative estimate of drug-likeness (QED) is 0.809. The normalized spacial score (nSPS) is 15.6. The number of halogens is 2. The Morgan fingerprint density at radius 1 is 0.926 bits per heavy atom. The van der Waals surface area contributed by atoms with Crippen molar-refractivity contribution in [3.05, 3.63) is 59.7 Å². The molecule has 1 fully saturated rings. The van der Waals surface area contributed by atoms with Gasteiger partial charge in [0.2, 0.25) is 10.0 Å². The minimum Gasteiger partial charge on any atom is -0.372 e. The molecule has 0 saturated carbocycles. The number of sulfonamides is 1. The molecular weight excluding hydrogens is 370 g/mol. The monoisotopic (exact) mass is 394 g/mol. The molecule has 2 aromatic rings. The highest BCUT2D eigenvalue weighted by atomic mass is 32.2. The molecule has 1 heterocycles. The first-order valence-electron chi connectivity index (χ1n) is 9.24. The van der Waals surface area contributed by atoms with Crippen molar-refractivity contribution in [2.45, 2.75) is 37.0 Å². The van der Waals surface area contributed by atoms with Crippen LogP contribution in [0.1, 0.15) is 31.2 Å². The van der Waals surface area contributed by atoms with E-state index in [1.807, 2.05) is 12.1 Å². The van der Waals surface area contributed by atoms with Crippen LogP contribution in [0.3, 0.4) is 0 Å². The Kier molecular flexibility index (Phi) is 6.44. The van der Waals surface area contributed by atoms with Gasteiger partial charge in [-0.1, -0.05) is 25.0 Å². The van der Waals surface area contributed by atoms with Crippen molar-refractivity contribution in [2.75, 3.05) is 24.5 Å². The molecule has 146 valence electrons. The van der Waals surface area contributed by atoms with Gasteiger partial charge in [-0.25, -0.2) is 21.9 Å². The SMILES string of the molecule is O=S(=O)(NCCc1ccc(N2CCCCCC2)cc1)c1ccc(F)cc1F. The molecule has 1 N–H and O–H groups in total. The number of rotatable bonds is 6. The summed E-state index contributed by atoms with van der Waals surface area (Å²) in [5, 5.41) is 0. The summed E-state index contributed by atoms with van der Waals surface area (Å²) < 4.78 is 53.3. The molecule has 7 heteroatoms. The zero-order valence-corrected chi connectivity index (χ0v) is 15.9. The molecule has 0 amide bonds. The fraction of sp³-hybridized carbons (Fsp3) is 0.400. The molecule has 0 bridgehead atoms. The molecule has 1 aliphatic rings. The second kappa shape index (κ2) is 8.80. The van der Waals surface area contributed by atoms with E-state index >= 15 is 0 Å². The molecule has 2 aromatic carbocycles. The average Bonchev–Trinajstić information content (AvgIpc) is 2.91. The molecule has 27 heavy (non-hydrogen) atoms. The highest BCUT2D eigenvalue weighted by molar-refractivity contribution is 7.89. The first kappa shape index (κ1) is 19.8. The number of nitrogens with one attached hydrogen (secondary N) is 1. The van der Waals surface area contributed by atoms with Gasteiger partial charge in [-0.3, -0.25) is 0 Å². The number of benzene rings is 2. The van der Waals surface area contributed by atoms with E-state index in [9.17, 15) is 17.2 Å². The van der Waals surface area contributed by atoms with Crippen LogP contribution in [0.4, 0.5) is 14.5 Å². The van der Waals surface area contributed by atoms with E-state index in [-0.39, 0.29) is 6.54 Å². The van der Waals surface area contributed by atoms with Crippen LogP contribution in [-0.4, -0.2) is 28.1 Å².